The lowest BCUT2D eigenvalue weighted by atomic mass is 10.1. The van der Waals surface area contributed by atoms with Gasteiger partial charge in [-0.05, 0) is 36.4 Å². The number of hydrogen-bond acceptors (Lipinski definition) is 6. The van der Waals surface area contributed by atoms with Crippen molar-refractivity contribution in [2.24, 2.45) is 0 Å². The van der Waals surface area contributed by atoms with E-state index in [1.807, 2.05) is 30.5 Å². The van der Waals surface area contributed by atoms with E-state index < -0.39 is 5.82 Å². The van der Waals surface area contributed by atoms with E-state index in [1.54, 1.807) is 18.2 Å². The number of nitrogens with one attached hydrogen (secondary N) is 2. The average molecular weight is 478 g/mol. The van der Waals surface area contributed by atoms with Crippen LogP contribution in [0.2, 0.25) is 0 Å². The van der Waals surface area contributed by atoms with E-state index in [4.69, 9.17) is 14.7 Å². The van der Waals surface area contributed by atoms with Crippen molar-refractivity contribution in [2.45, 2.75) is 5.75 Å². The zero-order valence-corrected chi connectivity index (χ0v) is 19.3. The summed E-state index contributed by atoms with van der Waals surface area (Å²) in [7, 11) is 0. The molecule has 1 aliphatic rings. The summed E-state index contributed by atoms with van der Waals surface area (Å²) in [5.41, 5.74) is 3.02. The summed E-state index contributed by atoms with van der Waals surface area (Å²) < 4.78 is 19.3. The first-order valence-electron chi connectivity index (χ1n) is 11.1. The lowest BCUT2D eigenvalue weighted by molar-refractivity contribution is -0.113. The van der Waals surface area contributed by atoms with Gasteiger partial charge in [0.25, 0.3) is 0 Å². The summed E-state index contributed by atoms with van der Waals surface area (Å²) >= 11 is 1.43. The van der Waals surface area contributed by atoms with Crippen molar-refractivity contribution in [1.82, 2.24) is 15.0 Å². The van der Waals surface area contributed by atoms with Crippen molar-refractivity contribution >= 4 is 40.1 Å². The van der Waals surface area contributed by atoms with Gasteiger partial charge in [-0.25, -0.2) is 14.4 Å². The van der Waals surface area contributed by atoms with Crippen LogP contribution in [-0.4, -0.2) is 52.9 Å². The molecule has 3 heterocycles. The number of ether oxygens (including phenoxy) is 1. The highest BCUT2D eigenvalue weighted by atomic mass is 32.2. The van der Waals surface area contributed by atoms with Crippen LogP contribution in [0.5, 0.6) is 0 Å². The van der Waals surface area contributed by atoms with Gasteiger partial charge in [0.2, 0.25) is 5.91 Å². The summed E-state index contributed by atoms with van der Waals surface area (Å²) in [6.45, 7) is 2.86. The first kappa shape index (κ1) is 22.4. The summed E-state index contributed by atoms with van der Waals surface area (Å²) in [6, 6.07) is 16.3. The molecule has 0 atom stereocenters. The number of carbonyl (C=O) groups excluding carboxylic acids is 1. The van der Waals surface area contributed by atoms with Crippen LogP contribution in [0.4, 0.5) is 15.9 Å². The van der Waals surface area contributed by atoms with Gasteiger partial charge in [-0.15, -0.1) is 11.8 Å². The number of thioether (sulfide) groups is 1. The number of benzene rings is 2. The number of anilines is 2. The summed E-state index contributed by atoms with van der Waals surface area (Å²) in [5, 5.41) is 3.71. The molecule has 34 heavy (non-hydrogen) atoms. The molecule has 9 heteroatoms. The average Bonchev–Trinajstić information content (AvgIpc) is 3.34. The van der Waals surface area contributed by atoms with Gasteiger partial charge < -0.3 is 19.9 Å². The highest BCUT2D eigenvalue weighted by Crippen LogP contribution is 2.26. The Morgan fingerprint density at radius 2 is 1.97 bits per heavy atom. The molecule has 0 saturated carbocycles. The Morgan fingerprint density at radius 1 is 1.12 bits per heavy atom. The minimum absolute atomic E-state index is 0.187. The number of H-pyrrole nitrogens is 1. The van der Waals surface area contributed by atoms with Gasteiger partial charge in [0.05, 0.1) is 30.3 Å². The molecule has 174 valence electrons. The molecule has 0 spiro atoms. The number of fused-ring (bicyclic) bond motifs is 1. The second kappa shape index (κ2) is 10.2. The van der Waals surface area contributed by atoms with E-state index in [9.17, 15) is 9.18 Å². The molecule has 0 bridgehead atoms. The number of morpholine rings is 1. The number of carbonyl (C=O) groups is 1. The van der Waals surface area contributed by atoms with E-state index in [0.717, 1.165) is 41.1 Å². The van der Waals surface area contributed by atoms with Gasteiger partial charge in [-0.1, -0.05) is 12.1 Å². The van der Waals surface area contributed by atoms with Crippen molar-refractivity contribution in [1.29, 1.82) is 0 Å². The molecule has 2 N–H and O–H groups in total. The first-order valence-corrected chi connectivity index (χ1v) is 12.2. The monoisotopic (exact) mass is 477 g/mol. The Morgan fingerprint density at radius 3 is 2.82 bits per heavy atom. The quantitative estimate of drug-likeness (QED) is 0.409. The van der Waals surface area contributed by atoms with Gasteiger partial charge in [-0.2, -0.15) is 0 Å². The van der Waals surface area contributed by atoms with Gasteiger partial charge in [0, 0.05) is 47.6 Å². The molecule has 2 aromatic carbocycles. The van der Waals surface area contributed by atoms with Crippen molar-refractivity contribution in [3.8, 4) is 11.4 Å². The zero-order chi connectivity index (χ0) is 23.3. The molecule has 1 amide bonds. The minimum Gasteiger partial charge on any atom is -0.378 e. The van der Waals surface area contributed by atoms with Crippen molar-refractivity contribution in [3.05, 3.63) is 72.3 Å². The zero-order valence-electron chi connectivity index (χ0n) is 18.5. The van der Waals surface area contributed by atoms with Crippen LogP contribution >= 0.6 is 11.8 Å². The van der Waals surface area contributed by atoms with Crippen LogP contribution in [0.25, 0.3) is 22.3 Å². The molecule has 4 aromatic rings. The van der Waals surface area contributed by atoms with Crippen LogP contribution in [-0.2, 0) is 15.3 Å². The predicted octanol–water partition coefficient (Wildman–Crippen LogP) is 4.47. The lowest BCUT2D eigenvalue weighted by Gasteiger charge is -2.28. The molecule has 0 unspecified atom stereocenters. The number of halogens is 1. The maximum atomic E-state index is 13.8. The Bertz CT molecular complexity index is 1310. The largest absolute Gasteiger partial charge is 0.378 e. The number of aromatic amines is 1. The number of hydrogen-bond donors (Lipinski definition) is 2. The van der Waals surface area contributed by atoms with Crippen molar-refractivity contribution in [3.63, 3.8) is 0 Å². The highest BCUT2D eigenvalue weighted by molar-refractivity contribution is 7.99. The number of rotatable bonds is 7. The minimum atomic E-state index is -0.448. The first-order chi connectivity index (χ1) is 16.7. The Balaban J connectivity index is 1.33. The van der Waals surface area contributed by atoms with Crippen LogP contribution in [0.1, 0.15) is 5.69 Å². The lowest BCUT2D eigenvalue weighted by Crippen LogP contribution is -2.37. The molecular formula is C25H24FN5O2S. The van der Waals surface area contributed by atoms with Crippen LogP contribution < -0.4 is 10.2 Å². The Labute approximate surface area is 200 Å². The molecule has 0 aliphatic carbocycles. The van der Waals surface area contributed by atoms with E-state index in [0.29, 0.717) is 24.8 Å². The number of amides is 1. The second-order valence-corrected chi connectivity index (χ2v) is 8.93. The third-order valence-corrected chi connectivity index (χ3v) is 6.51. The highest BCUT2D eigenvalue weighted by Gasteiger charge is 2.16. The number of aromatic nitrogens is 3. The fraction of sp³-hybridized carbons (Fsp3) is 0.240. The second-order valence-electron chi connectivity index (χ2n) is 7.94. The van der Waals surface area contributed by atoms with E-state index >= 15 is 0 Å². The van der Waals surface area contributed by atoms with Crippen molar-refractivity contribution in [2.75, 3.05) is 42.3 Å². The number of para-hydroxylation sites is 1. The SMILES string of the molecule is O=C(CSCc1cc(N2CCOCC2)nc(-c2ccc3[nH]ccc3c2)n1)Nc1ccccc1F. The maximum Gasteiger partial charge on any atom is 0.234 e. The van der Waals surface area contributed by atoms with E-state index in [-0.39, 0.29) is 17.3 Å². The maximum absolute atomic E-state index is 13.8. The molecule has 0 radical (unpaired) electrons. The summed E-state index contributed by atoms with van der Waals surface area (Å²) in [5.74, 6) is 1.53. The van der Waals surface area contributed by atoms with Crippen molar-refractivity contribution < 1.29 is 13.9 Å². The Kier molecular flexibility index (Phi) is 6.73. The van der Waals surface area contributed by atoms with Crippen LogP contribution in [0.15, 0.2) is 60.8 Å². The molecule has 7 nitrogen and oxygen atoms in total. The van der Waals surface area contributed by atoms with Gasteiger partial charge in [-0.3, -0.25) is 4.79 Å². The molecule has 5 rings (SSSR count). The molecule has 1 aliphatic heterocycles. The van der Waals surface area contributed by atoms with Gasteiger partial charge in [0.15, 0.2) is 5.82 Å². The summed E-state index contributed by atoms with van der Waals surface area (Å²) in [4.78, 5) is 27.3. The molecule has 2 aromatic heterocycles. The fourth-order valence-electron chi connectivity index (χ4n) is 3.83. The standard InChI is InChI=1S/C25H24FN5O2S/c26-20-3-1-2-4-22(20)29-24(32)16-34-15-19-14-23(31-9-11-33-12-10-31)30-25(28-19)18-5-6-21-17(13-18)7-8-27-21/h1-8,13-14,27H,9-12,15-16H2,(H,29,32). The predicted molar refractivity (Wildman–Crippen MR) is 134 cm³/mol. The van der Waals surface area contributed by atoms with Crippen LogP contribution in [0.3, 0.4) is 0 Å². The third-order valence-electron chi connectivity index (χ3n) is 5.54. The van der Waals surface area contributed by atoms with Gasteiger partial charge in [0.1, 0.15) is 11.6 Å². The van der Waals surface area contributed by atoms with E-state index in [1.165, 1.54) is 17.8 Å². The Hall–Kier alpha value is -3.43. The third kappa shape index (κ3) is 5.21. The topological polar surface area (TPSA) is 83.1 Å². The van der Waals surface area contributed by atoms with Crippen LogP contribution in [0, 0.1) is 5.82 Å². The smallest absolute Gasteiger partial charge is 0.234 e. The van der Waals surface area contributed by atoms with Gasteiger partial charge >= 0.3 is 0 Å². The molecular weight excluding hydrogens is 453 g/mol. The molecule has 1 fully saturated rings. The fourth-order valence-corrected chi connectivity index (χ4v) is 4.55. The molecule has 1 saturated heterocycles. The van der Waals surface area contributed by atoms with E-state index in [2.05, 4.69) is 21.3 Å². The summed E-state index contributed by atoms with van der Waals surface area (Å²) in [6.07, 6.45) is 1.91. The normalized spacial score (nSPS) is 13.9. The number of nitrogens with zero attached hydrogens (tertiary/aromatic N) is 3.